The van der Waals surface area contributed by atoms with Gasteiger partial charge in [0.1, 0.15) is 12.4 Å². The number of aryl methyl sites for hydroxylation is 1. The van der Waals surface area contributed by atoms with Gasteiger partial charge in [-0.2, -0.15) is 0 Å². The topological polar surface area (TPSA) is 73.0 Å². The highest BCUT2D eigenvalue weighted by molar-refractivity contribution is 5.42. The van der Waals surface area contributed by atoms with Crippen molar-refractivity contribution in [1.29, 1.82) is 0 Å². The molecule has 0 aromatic heterocycles. The van der Waals surface area contributed by atoms with Crippen molar-refractivity contribution < 1.29 is 15.4 Å². The monoisotopic (exact) mass is 247 g/mol. The lowest BCUT2D eigenvalue weighted by atomic mass is 10.2. The van der Waals surface area contributed by atoms with E-state index in [1.807, 2.05) is 43.3 Å². The average Bonchev–Trinajstić information content (AvgIpc) is 2.39. The van der Waals surface area contributed by atoms with E-state index in [9.17, 15) is 0 Å². The molecule has 18 heavy (non-hydrogen) atoms. The minimum atomic E-state index is 0. The maximum absolute atomic E-state index is 8.68. The van der Waals surface area contributed by atoms with Gasteiger partial charge in [0.25, 0.3) is 0 Å². The number of rotatable bonds is 4. The minimum Gasteiger partial charge on any atom is -0.489 e. The Balaban J connectivity index is 0.00000162. The number of ether oxygens (including phenoxy) is 1. The molecular formula is C14H17NO3. The summed E-state index contributed by atoms with van der Waals surface area (Å²) >= 11 is 0. The van der Waals surface area contributed by atoms with Crippen molar-refractivity contribution >= 4 is 5.69 Å². The van der Waals surface area contributed by atoms with Gasteiger partial charge in [0.05, 0.1) is 5.69 Å². The quantitative estimate of drug-likeness (QED) is 0.815. The maximum atomic E-state index is 8.68. The zero-order valence-electron chi connectivity index (χ0n) is 10.2. The molecule has 2 aromatic carbocycles. The Labute approximate surface area is 106 Å². The van der Waals surface area contributed by atoms with E-state index in [0.717, 1.165) is 11.3 Å². The molecule has 0 atom stereocenters. The van der Waals surface area contributed by atoms with Gasteiger partial charge in [-0.3, -0.25) is 10.7 Å². The van der Waals surface area contributed by atoms with E-state index in [4.69, 9.17) is 9.94 Å². The molecule has 96 valence electrons. The molecule has 0 heterocycles. The lowest BCUT2D eigenvalue weighted by Gasteiger charge is -2.07. The standard InChI is InChI=1S/C14H15NO2.H2O/c1-11-2-8-14(9-3-11)17-10-12-4-6-13(15-16)7-5-12;/h2-9,15-16H,10H2,1H3;1H2. The summed E-state index contributed by atoms with van der Waals surface area (Å²) < 4.78 is 5.64. The molecule has 0 aliphatic carbocycles. The Morgan fingerprint density at radius 2 is 1.61 bits per heavy atom. The molecule has 2 aromatic rings. The largest absolute Gasteiger partial charge is 0.489 e. The molecule has 0 radical (unpaired) electrons. The number of hydrogen-bond donors (Lipinski definition) is 2. The van der Waals surface area contributed by atoms with Gasteiger partial charge in [-0.25, -0.2) is 0 Å². The second-order valence-corrected chi connectivity index (χ2v) is 3.91. The van der Waals surface area contributed by atoms with E-state index in [1.54, 1.807) is 12.1 Å². The Hall–Kier alpha value is -2.04. The predicted octanol–water partition coefficient (Wildman–Crippen LogP) is 2.55. The molecule has 0 fully saturated rings. The Kier molecular flexibility index (Phi) is 5.17. The maximum Gasteiger partial charge on any atom is 0.119 e. The summed E-state index contributed by atoms with van der Waals surface area (Å²) in [5.74, 6) is 0.861. The van der Waals surface area contributed by atoms with E-state index < -0.39 is 0 Å². The Morgan fingerprint density at radius 3 is 2.17 bits per heavy atom. The molecule has 0 unspecified atom stereocenters. The first-order valence-electron chi connectivity index (χ1n) is 5.46. The fourth-order valence-electron chi connectivity index (χ4n) is 1.48. The van der Waals surface area contributed by atoms with Crippen molar-refractivity contribution in [3.8, 4) is 5.75 Å². The second kappa shape index (κ2) is 6.64. The predicted molar refractivity (Wildman–Crippen MR) is 71.0 cm³/mol. The van der Waals surface area contributed by atoms with Crippen molar-refractivity contribution in [3.63, 3.8) is 0 Å². The van der Waals surface area contributed by atoms with Gasteiger partial charge in [0.15, 0.2) is 0 Å². The summed E-state index contributed by atoms with van der Waals surface area (Å²) in [6.45, 7) is 2.57. The zero-order chi connectivity index (χ0) is 12.1. The molecular weight excluding hydrogens is 230 g/mol. The molecule has 4 N–H and O–H groups in total. The van der Waals surface area contributed by atoms with Crippen LogP contribution in [0.5, 0.6) is 5.75 Å². The molecule has 0 saturated heterocycles. The van der Waals surface area contributed by atoms with Crippen LogP contribution in [0, 0.1) is 6.92 Å². The van der Waals surface area contributed by atoms with E-state index in [-0.39, 0.29) is 5.48 Å². The average molecular weight is 247 g/mol. The third-order valence-corrected chi connectivity index (χ3v) is 2.51. The van der Waals surface area contributed by atoms with Crippen molar-refractivity contribution in [2.24, 2.45) is 0 Å². The minimum absolute atomic E-state index is 0. The summed E-state index contributed by atoms with van der Waals surface area (Å²) in [4.78, 5) is 0. The fraction of sp³-hybridized carbons (Fsp3) is 0.143. The van der Waals surface area contributed by atoms with Gasteiger partial charge in [-0.15, -0.1) is 0 Å². The highest BCUT2D eigenvalue weighted by Gasteiger charge is 1.96. The fourth-order valence-corrected chi connectivity index (χ4v) is 1.48. The zero-order valence-corrected chi connectivity index (χ0v) is 10.2. The number of anilines is 1. The molecule has 0 bridgehead atoms. The van der Waals surface area contributed by atoms with Gasteiger partial charge < -0.3 is 10.2 Å². The van der Waals surface area contributed by atoms with E-state index in [0.29, 0.717) is 12.3 Å². The first kappa shape index (κ1) is 14.0. The van der Waals surface area contributed by atoms with E-state index in [1.165, 1.54) is 5.56 Å². The molecule has 0 amide bonds. The molecule has 0 aliphatic heterocycles. The second-order valence-electron chi connectivity index (χ2n) is 3.91. The van der Waals surface area contributed by atoms with E-state index in [2.05, 4.69) is 5.48 Å². The highest BCUT2D eigenvalue weighted by Crippen LogP contribution is 2.14. The number of hydrogen-bond acceptors (Lipinski definition) is 3. The van der Waals surface area contributed by atoms with Crippen LogP contribution in [0.4, 0.5) is 5.69 Å². The Morgan fingerprint density at radius 1 is 1.00 bits per heavy atom. The summed E-state index contributed by atoms with van der Waals surface area (Å²) in [5, 5.41) is 8.68. The summed E-state index contributed by atoms with van der Waals surface area (Å²) in [6, 6.07) is 15.4. The van der Waals surface area contributed by atoms with Crippen LogP contribution in [0.15, 0.2) is 48.5 Å². The van der Waals surface area contributed by atoms with Crippen molar-refractivity contribution in [1.82, 2.24) is 0 Å². The highest BCUT2D eigenvalue weighted by atomic mass is 16.5. The first-order valence-corrected chi connectivity index (χ1v) is 5.46. The van der Waals surface area contributed by atoms with Crippen molar-refractivity contribution in [2.45, 2.75) is 13.5 Å². The van der Waals surface area contributed by atoms with Crippen LogP contribution in [0.1, 0.15) is 11.1 Å². The third-order valence-electron chi connectivity index (χ3n) is 2.51. The first-order chi connectivity index (χ1) is 8.28. The number of nitrogens with one attached hydrogen (secondary N) is 1. The third kappa shape index (κ3) is 3.76. The molecule has 2 rings (SSSR count). The van der Waals surface area contributed by atoms with Crippen LogP contribution in [0.2, 0.25) is 0 Å². The molecule has 0 aliphatic rings. The lowest BCUT2D eigenvalue weighted by Crippen LogP contribution is -1.96. The van der Waals surface area contributed by atoms with Crippen LogP contribution in [-0.2, 0) is 6.61 Å². The van der Waals surface area contributed by atoms with Gasteiger partial charge in [0.2, 0.25) is 0 Å². The van der Waals surface area contributed by atoms with Crippen molar-refractivity contribution in [3.05, 3.63) is 59.7 Å². The van der Waals surface area contributed by atoms with Crippen LogP contribution < -0.4 is 10.2 Å². The summed E-state index contributed by atoms with van der Waals surface area (Å²) in [6.07, 6.45) is 0. The summed E-state index contributed by atoms with van der Waals surface area (Å²) in [7, 11) is 0. The van der Waals surface area contributed by atoms with Crippen LogP contribution in [0.25, 0.3) is 0 Å². The molecule has 4 heteroatoms. The smallest absolute Gasteiger partial charge is 0.119 e. The molecule has 0 spiro atoms. The van der Waals surface area contributed by atoms with Gasteiger partial charge >= 0.3 is 0 Å². The SMILES string of the molecule is Cc1ccc(OCc2ccc(NO)cc2)cc1.O. The van der Waals surface area contributed by atoms with Gasteiger partial charge in [-0.05, 0) is 36.8 Å². The van der Waals surface area contributed by atoms with Gasteiger partial charge in [0, 0.05) is 0 Å². The lowest BCUT2D eigenvalue weighted by molar-refractivity contribution is 0.306. The van der Waals surface area contributed by atoms with Crippen LogP contribution in [-0.4, -0.2) is 10.7 Å². The summed E-state index contributed by atoms with van der Waals surface area (Å²) in [5.41, 5.74) is 5.04. The normalized spacial score (nSPS) is 9.44. The molecule has 0 saturated carbocycles. The van der Waals surface area contributed by atoms with Gasteiger partial charge in [-0.1, -0.05) is 29.8 Å². The van der Waals surface area contributed by atoms with Crippen LogP contribution >= 0.6 is 0 Å². The van der Waals surface area contributed by atoms with Crippen LogP contribution in [0.3, 0.4) is 0 Å². The number of benzene rings is 2. The van der Waals surface area contributed by atoms with Crippen molar-refractivity contribution in [2.75, 3.05) is 5.48 Å². The molecule has 4 nitrogen and oxygen atoms in total. The van der Waals surface area contributed by atoms with E-state index >= 15 is 0 Å². The Bertz CT molecular complexity index is 465.